The Kier molecular flexibility index (Phi) is 6.41. The Hall–Kier alpha value is 0.423. The third kappa shape index (κ3) is 3.19. The molecule has 0 N–H and O–H groups in total. The van der Waals surface area contributed by atoms with E-state index in [1.54, 1.807) is 33.6 Å². The Morgan fingerprint density at radius 2 is 1.73 bits per heavy atom. The first-order valence-corrected chi connectivity index (χ1v) is 5.91. The molecule has 2 aliphatic carbocycles. The Balaban J connectivity index is 0.000000980. The van der Waals surface area contributed by atoms with Gasteiger partial charge in [0.25, 0.3) is 0 Å². The molecule has 0 saturated carbocycles. The minimum absolute atomic E-state index is 0. The summed E-state index contributed by atoms with van der Waals surface area (Å²) in [6, 6.07) is 0. The van der Waals surface area contributed by atoms with Gasteiger partial charge in [-0.15, -0.1) is 0 Å². The summed E-state index contributed by atoms with van der Waals surface area (Å²) in [4.78, 5) is 0. The summed E-state index contributed by atoms with van der Waals surface area (Å²) in [6.45, 7) is 4.42. The summed E-state index contributed by atoms with van der Waals surface area (Å²) < 4.78 is 1.62. The van der Waals surface area contributed by atoms with Crippen molar-refractivity contribution in [2.45, 2.75) is 26.7 Å². The monoisotopic (exact) mass is 317 g/mol. The van der Waals surface area contributed by atoms with Crippen molar-refractivity contribution in [3.63, 3.8) is 0 Å². The smallest absolute Gasteiger partial charge is 1.00 e. The molecule has 0 fully saturated rings. The van der Waals surface area contributed by atoms with Crippen molar-refractivity contribution in [1.29, 1.82) is 0 Å². The Morgan fingerprint density at radius 3 is 2.13 bits per heavy atom. The van der Waals surface area contributed by atoms with E-state index in [9.17, 15) is 0 Å². The van der Waals surface area contributed by atoms with E-state index in [0.717, 1.165) is 6.42 Å². The molecule has 0 spiro atoms. The minimum Gasteiger partial charge on any atom is -1.00 e. The molecule has 2 aliphatic rings. The van der Waals surface area contributed by atoms with Gasteiger partial charge in [0.1, 0.15) is 0 Å². The van der Waals surface area contributed by atoms with Gasteiger partial charge in [-0.1, -0.05) is 0 Å². The van der Waals surface area contributed by atoms with Gasteiger partial charge in [-0.2, -0.15) is 0 Å². The van der Waals surface area contributed by atoms with E-state index < -0.39 is 0 Å². The maximum absolute atomic E-state index is 2.36. The van der Waals surface area contributed by atoms with Gasteiger partial charge in [0, 0.05) is 0 Å². The van der Waals surface area contributed by atoms with E-state index >= 15 is 0 Å². The second-order valence-electron chi connectivity index (χ2n) is 3.77. The molecular weight excluding hydrogens is 306 g/mol. The molecule has 2 rings (SSSR count). The van der Waals surface area contributed by atoms with E-state index in [1.807, 2.05) is 0 Å². The zero-order valence-electron chi connectivity index (χ0n) is 8.90. The number of rotatable bonds is 1. The second-order valence-corrected chi connectivity index (χ2v) is 5.25. The van der Waals surface area contributed by atoms with Gasteiger partial charge in [0.15, 0.2) is 0 Å². The normalized spacial score (nSPS) is 19.1. The van der Waals surface area contributed by atoms with Crippen LogP contribution in [0.25, 0.3) is 0 Å². The molecule has 0 nitrogen and oxygen atoms in total. The molecule has 0 aromatic rings. The summed E-state index contributed by atoms with van der Waals surface area (Å²) in [6.07, 6.45) is 9.34. The molecular formula is C12H13Cl2Zr. The van der Waals surface area contributed by atoms with Crippen LogP contribution in [0, 0.1) is 0 Å². The van der Waals surface area contributed by atoms with Crippen molar-refractivity contribution in [2.75, 3.05) is 0 Å². The number of allylic oxidation sites excluding steroid dienone is 8. The summed E-state index contributed by atoms with van der Waals surface area (Å²) in [5.41, 5.74) is 6.01. The SMILES string of the molecule is CC1=CCC(C2=[C]([Zr+2])CC=C2C)=C1.[Cl-].[Cl-]. The van der Waals surface area contributed by atoms with Crippen LogP contribution in [0.5, 0.6) is 0 Å². The molecule has 0 aromatic heterocycles. The summed E-state index contributed by atoms with van der Waals surface area (Å²) in [5, 5.41) is 0. The molecule has 15 heavy (non-hydrogen) atoms. The molecule has 0 atom stereocenters. The number of hydrogen-bond acceptors (Lipinski definition) is 0. The number of hydrogen-bond donors (Lipinski definition) is 0. The zero-order chi connectivity index (χ0) is 9.42. The molecule has 3 heteroatoms. The van der Waals surface area contributed by atoms with Crippen LogP contribution in [-0.4, -0.2) is 0 Å². The molecule has 0 radical (unpaired) electrons. The van der Waals surface area contributed by atoms with Gasteiger partial charge in [-0.25, -0.2) is 0 Å². The molecule has 0 saturated heterocycles. The average Bonchev–Trinajstić information content (AvgIpc) is 2.60. The molecule has 0 bridgehead atoms. The molecule has 0 aromatic carbocycles. The third-order valence-electron chi connectivity index (χ3n) is 2.68. The fraction of sp³-hybridized carbons (Fsp3) is 0.333. The first kappa shape index (κ1) is 15.4. The quantitative estimate of drug-likeness (QED) is 0.498. The molecule has 0 aliphatic heterocycles. The first-order chi connectivity index (χ1) is 6.18. The van der Waals surface area contributed by atoms with E-state index in [1.165, 1.54) is 23.1 Å². The topological polar surface area (TPSA) is 0 Å². The fourth-order valence-corrected chi connectivity index (χ4v) is 3.11. The minimum atomic E-state index is 0. The van der Waals surface area contributed by atoms with Crippen LogP contribution in [0.4, 0.5) is 0 Å². The molecule has 0 unspecified atom stereocenters. The van der Waals surface area contributed by atoms with Crippen LogP contribution in [0.3, 0.4) is 0 Å². The Bertz CT molecular complexity index is 373. The average molecular weight is 319 g/mol. The molecule has 0 heterocycles. The Morgan fingerprint density at radius 1 is 1.07 bits per heavy atom. The van der Waals surface area contributed by atoms with E-state index in [0.29, 0.717) is 0 Å². The van der Waals surface area contributed by atoms with Crippen molar-refractivity contribution in [2.24, 2.45) is 0 Å². The third-order valence-corrected chi connectivity index (χ3v) is 3.79. The van der Waals surface area contributed by atoms with Gasteiger partial charge in [-0.3, -0.25) is 0 Å². The predicted octanol–water partition coefficient (Wildman–Crippen LogP) is -2.58. The maximum Gasteiger partial charge on any atom is -1.00 e. The van der Waals surface area contributed by atoms with E-state index in [4.69, 9.17) is 0 Å². The van der Waals surface area contributed by atoms with Crippen molar-refractivity contribution in [3.8, 4) is 0 Å². The predicted molar refractivity (Wildman–Crippen MR) is 51.9 cm³/mol. The van der Waals surface area contributed by atoms with Crippen LogP contribution >= 0.6 is 0 Å². The van der Waals surface area contributed by atoms with Gasteiger partial charge in [0.2, 0.25) is 0 Å². The van der Waals surface area contributed by atoms with Crippen molar-refractivity contribution in [3.05, 3.63) is 43.8 Å². The number of halogens is 2. The van der Waals surface area contributed by atoms with Crippen LogP contribution in [0.15, 0.2) is 43.8 Å². The maximum atomic E-state index is 2.36. The van der Waals surface area contributed by atoms with Crippen LogP contribution in [0.1, 0.15) is 26.7 Å². The van der Waals surface area contributed by atoms with Crippen LogP contribution < -0.4 is 24.8 Å². The zero-order valence-corrected chi connectivity index (χ0v) is 12.9. The van der Waals surface area contributed by atoms with Crippen LogP contribution in [0.2, 0.25) is 0 Å². The largest absolute Gasteiger partial charge is 1.00 e. The van der Waals surface area contributed by atoms with Crippen molar-refractivity contribution >= 4 is 0 Å². The van der Waals surface area contributed by atoms with Crippen LogP contribution in [-0.2, 0) is 24.7 Å². The van der Waals surface area contributed by atoms with Crippen molar-refractivity contribution in [1.82, 2.24) is 0 Å². The molecule has 79 valence electrons. The van der Waals surface area contributed by atoms with E-state index in [-0.39, 0.29) is 24.8 Å². The van der Waals surface area contributed by atoms with Gasteiger partial charge < -0.3 is 24.8 Å². The molecule has 0 amide bonds. The van der Waals surface area contributed by atoms with Gasteiger partial charge in [-0.05, 0) is 0 Å². The van der Waals surface area contributed by atoms with Gasteiger partial charge in [0.05, 0.1) is 0 Å². The summed E-state index contributed by atoms with van der Waals surface area (Å²) in [7, 11) is 0. The fourth-order valence-electron chi connectivity index (χ4n) is 1.98. The van der Waals surface area contributed by atoms with E-state index in [2.05, 4.69) is 32.1 Å². The summed E-state index contributed by atoms with van der Waals surface area (Å²) >= 11 is 1.58. The first-order valence-electron chi connectivity index (χ1n) is 4.68. The van der Waals surface area contributed by atoms with Crippen molar-refractivity contribution < 1.29 is 49.5 Å². The van der Waals surface area contributed by atoms with Gasteiger partial charge >= 0.3 is 95.2 Å². The second kappa shape index (κ2) is 6.23. The standard InChI is InChI=1S/C12H13.2ClH.Zr/c1-9-6-7-11(8-9)12-5-3-4-10(12)2;;;/h4,6,8H,3,7H2,1-2H3;2*1H;/q;;;+2/p-2. The Labute approximate surface area is 119 Å². The summed E-state index contributed by atoms with van der Waals surface area (Å²) in [5.74, 6) is 0.